The van der Waals surface area contributed by atoms with Gasteiger partial charge in [-0.3, -0.25) is 0 Å². The first kappa shape index (κ1) is 13.7. The molecule has 0 heterocycles. The van der Waals surface area contributed by atoms with Crippen molar-refractivity contribution >= 4 is 23.7 Å². The highest BCUT2D eigenvalue weighted by Gasteiger charge is 2.03. The Morgan fingerprint density at radius 2 is 1.75 bits per heavy atom. The van der Waals surface area contributed by atoms with E-state index in [1.165, 1.54) is 24.3 Å². The van der Waals surface area contributed by atoms with Crippen LogP contribution < -0.4 is 10.6 Å². The zero-order chi connectivity index (χ0) is 14.4. The summed E-state index contributed by atoms with van der Waals surface area (Å²) in [5.74, 6) is -0.363. The van der Waals surface area contributed by atoms with Gasteiger partial charge in [0.1, 0.15) is 12.1 Å². The minimum absolute atomic E-state index is 0.301. The molecule has 2 N–H and O–H groups in total. The average Bonchev–Trinajstić information content (AvgIpc) is 2.42. The molecule has 0 radical (unpaired) electrons. The fourth-order valence-corrected chi connectivity index (χ4v) is 1.70. The van der Waals surface area contributed by atoms with Gasteiger partial charge in [-0.1, -0.05) is 12.1 Å². The molecule has 0 aromatic heterocycles. The van der Waals surface area contributed by atoms with Gasteiger partial charge in [0.15, 0.2) is 0 Å². The van der Waals surface area contributed by atoms with Crippen LogP contribution in [-0.2, 0) is 11.2 Å². The van der Waals surface area contributed by atoms with E-state index in [9.17, 15) is 14.0 Å². The molecule has 20 heavy (non-hydrogen) atoms. The number of carbonyl (C=O) groups is 2. The van der Waals surface area contributed by atoms with Crippen LogP contribution in [0.5, 0.6) is 0 Å². The minimum atomic E-state index is -0.431. The number of hydrogen-bond acceptors (Lipinski definition) is 2. The van der Waals surface area contributed by atoms with E-state index in [2.05, 4.69) is 10.6 Å². The summed E-state index contributed by atoms with van der Waals surface area (Å²) in [5, 5.41) is 5.23. The SMILES string of the molecule is O=CCc1cccc(NC(=O)Nc2ccc(F)cc2)c1. The molecule has 0 saturated carbocycles. The van der Waals surface area contributed by atoms with Gasteiger partial charge in [0, 0.05) is 17.8 Å². The van der Waals surface area contributed by atoms with Crippen molar-refractivity contribution in [2.24, 2.45) is 0 Å². The van der Waals surface area contributed by atoms with Gasteiger partial charge < -0.3 is 15.4 Å². The molecule has 4 nitrogen and oxygen atoms in total. The van der Waals surface area contributed by atoms with Crippen LogP contribution in [0.4, 0.5) is 20.6 Å². The summed E-state index contributed by atoms with van der Waals surface area (Å²) >= 11 is 0. The highest BCUT2D eigenvalue weighted by Crippen LogP contribution is 2.12. The number of benzene rings is 2. The van der Waals surface area contributed by atoms with E-state index in [0.29, 0.717) is 17.8 Å². The summed E-state index contributed by atoms with van der Waals surface area (Å²) in [4.78, 5) is 22.2. The smallest absolute Gasteiger partial charge is 0.308 e. The lowest BCUT2D eigenvalue weighted by Crippen LogP contribution is -2.19. The summed E-state index contributed by atoms with van der Waals surface area (Å²) in [6.45, 7) is 0. The van der Waals surface area contributed by atoms with Gasteiger partial charge in [-0.2, -0.15) is 0 Å². The molecule has 0 atom stereocenters. The Morgan fingerprint density at radius 1 is 1.05 bits per heavy atom. The van der Waals surface area contributed by atoms with E-state index in [1.807, 2.05) is 0 Å². The second-order valence-corrected chi connectivity index (χ2v) is 4.16. The predicted octanol–water partition coefficient (Wildman–Crippen LogP) is 3.21. The third kappa shape index (κ3) is 3.91. The predicted molar refractivity (Wildman–Crippen MR) is 75.3 cm³/mol. The second kappa shape index (κ2) is 6.47. The number of amides is 2. The molecule has 0 unspecified atom stereocenters. The third-order valence-corrected chi connectivity index (χ3v) is 2.61. The van der Waals surface area contributed by atoms with Crippen molar-refractivity contribution in [3.05, 3.63) is 59.9 Å². The molecule has 2 aromatic carbocycles. The highest BCUT2D eigenvalue weighted by molar-refractivity contribution is 5.99. The molecule has 0 aliphatic carbocycles. The van der Waals surface area contributed by atoms with E-state index < -0.39 is 6.03 Å². The number of halogens is 1. The molecule has 5 heteroatoms. The maximum absolute atomic E-state index is 12.7. The number of aldehydes is 1. The third-order valence-electron chi connectivity index (χ3n) is 2.61. The summed E-state index contributed by atoms with van der Waals surface area (Å²) in [7, 11) is 0. The summed E-state index contributed by atoms with van der Waals surface area (Å²) in [6, 6.07) is 12.0. The maximum Gasteiger partial charge on any atom is 0.323 e. The van der Waals surface area contributed by atoms with Gasteiger partial charge in [0.2, 0.25) is 0 Å². The molecule has 0 fully saturated rings. The van der Waals surface area contributed by atoms with E-state index >= 15 is 0 Å². The molecule has 0 spiro atoms. The number of urea groups is 1. The summed E-state index contributed by atoms with van der Waals surface area (Å²) in [6.07, 6.45) is 1.10. The lowest BCUT2D eigenvalue weighted by Gasteiger charge is -2.08. The molecule has 0 bridgehead atoms. The van der Waals surface area contributed by atoms with Crippen LogP contribution in [0.25, 0.3) is 0 Å². The Morgan fingerprint density at radius 3 is 2.45 bits per heavy atom. The van der Waals surface area contributed by atoms with Crippen LogP contribution >= 0.6 is 0 Å². The molecular weight excluding hydrogens is 259 g/mol. The second-order valence-electron chi connectivity index (χ2n) is 4.16. The first-order valence-electron chi connectivity index (χ1n) is 6.03. The van der Waals surface area contributed by atoms with Gasteiger partial charge in [0.05, 0.1) is 0 Å². The highest BCUT2D eigenvalue weighted by atomic mass is 19.1. The van der Waals surface area contributed by atoms with Crippen LogP contribution in [0.1, 0.15) is 5.56 Å². The van der Waals surface area contributed by atoms with Crippen molar-refractivity contribution in [1.82, 2.24) is 0 Å². The lowest BCUT2D eigenvalue weighted by atomic mass is 10.1. The lowest BCUT2D eigenvalue weighted by molar-refractivity contribution is -0.107. The van der Waals surface area contributed by atoms with Gasteiger partial charge in [-0.25, -0.2) is 9.18 Å². The monoisotopic (exact) mass is 272 g/mol. The summed E-state index contributed by atoms with van der Waals surface area (Å²) < 4.78 is 12.7. The van der Waals surface area contributed by atoms with Gasteiger partial charge in [-0.15, -0.1) is 0 Å². The Labute approximate surface area is 115 Å². The van der Waals surface area contributed by atoms with Gasteiger partial charge in [0.25, 0.3) is 0 Å². The fraction of sp³-hybridized carbons (Fsp3) is 0.0667. The summed E-state index contributed by atoms with van der Waals surface area (Å²) in [5.41, 5.74) is 1.90. The largest absolute Gasteiger partial charge is 0.323 e. The van der Waals surface area contributed by atoms with Gasteiger partial charge >= 0.3 is 6.03 Å². The van der Waals surface area contributed by atoms with E-state index in [0.717, 1.165) is 11.8 Å². The van der Waals surface area contributed by atoms with Crippen LogP contribution in [0.2, 0.25) is 0 Å². The number of carbonyl (C=O) groups excluding carboxylic acids is 2. The topological polar surface area (TPSA) is 58.2 Å². The quantitative estimate of drug-likeness (QED) is 0.840. The van der Waals surface area contributed by atoms with Crippen molar-refractivity contribution in [2.75, 3.05) is 10.6 Å². The van der Waals surface area contributed by atoms with Crippen LogP contribution in [0.3, 0.4) is 0 Å². The number of rotatable bonds is 4. The van der Waals surface area contributed by atoms with Crippen molar-refractivity contribution in [3.63, 3.8) is 0 Å². The number of nitrogens with one attached hydrogen (secondary N) is 2. The van der Waals surface area contributed by atoms with Crippen LogP contribution in [0.15, 0.2) is 48.5 Å². The Kier molecular flexibility index (Phi) is 4.44. The first-order chi connectivity index (χ1) is 9.67. The molecule has 0 saturated heterocycles. The van der Waals surface area contributed by atoms with E-state index in [-0.39, 0.29) is 5.82 Å². The molecule has 2 amide bonds. The maximum atomic E-state index is 12.7. The molecule has 2 rings (SSSR count). The number of anilines is 2. The van der Waals surface area contributed by atoms with Crippen molar-refractivity contribution < 1.29 is 14.0 Å². The van der Waals surface area contributed by atoms with Gasteiger partial charge in [-0.05, 0) is 42.0 Å². The average molecular weight is 272 g/mol. The Balaban J connectivity index is 1.98. The Bertz CT molecular complexity index is 612. The molecular formula is C15H13FN2O2. The zero-order valence-corrected chi connectivity index (χ0v) is 10.6. The normalized spacial score (nSPS) is 9.85. The fourth-order valence-electron chi connectivity index (χ4n) is 1.70. The first-order valence-corrected chi connectivity index (χ1v) is 6.03. The Hall–Kier alpha value is -2.69. The van der Waals surface area contributed by atoms with Crippen LogP contribution in [-0.4, -0.2) is 12.3 Å². The molecule has 0 aliphatic heterocycles. The van der Waals surface area contributed by atoms with Crippen molar-refractivity contribution in [1.29, 1.82) is 0 Å². The molecule has 0 aliphatic rings. The van der Waals surface area contributed by atoms with Crippen LogP contribution in [0, 0.1) is 5.82 Å². The van der Waals surface area contributed by atoms with E-state index in [1.54, 1.807) is 24.3 Å². The van der Waals surface area contributed by atoms with Crippen molar-refractivity contribution in [2.45, 2.75) is 6.42 Å². The van der Waals surface area contributed by atoms with Crippen molar-refractivity contribution in [3.8, 4) is 0 Å². The minimum Gasteiger partial charge on any atom is -0.308 e. The van der Waals surface area contributed by atoms with E-state index in [4.69, 9.17) is 0 Å². The number of hydrogen-bond donors (Lipinski definition) is 2. The molecule has 102 valence electrons. The molecule has 2 aromatic rings. The standard InChI is InChI=1S/C15H13FN2O2/c16-12-4-6-13(7-5-12)17-15(20)18-14-3-1-2-11(10-14)8-9-19/h1-7,9-10H,8H2,(H2,17,18,20). The zero-order valence-electron chi connectivity index (χ0n) is 10.6.